The SMILES string of the molecule is CN(CC1(CCN)CC1)C1CCCCC1. The summed E-state index contributed by atoms with van der Waals surface area (Å²) in [6, 6.07) is 0.869. The van der Waals surface area contributed by atoms with E-state index in [1.54, 1.807) is 0 Å². The zero-order valence-electron chi connectivity index (χ0n) is 10.2. The van der Waals surface area contributed by atoms with Crippen LogP contribution in [0, 0.1) is 5.41 Å². The second kappa shape index (κ2) is 4.84. The Kier molecular flexibility index (Phi) is 3.68. The lowest BCUT2D eigenvalue weighted by molar-refractivity contribution is 0.156. The predicted octanol–water partition coefficient (Wildman–Crippen LogP) is 2.38. The highest BCUT2D eigenvalue weighted by atomic mass is 15.1. The molecule has 2 fully saturated rings. The van der Waals surface area contributed by atoms with E-state index >= 15 is 0 Å². The summed E-state index contributed by atoms with van der Waals surface area (Å²) in [5, 5.41) is 0. The van der Waals surface area contributed by atoms with Crippen LogP contribution in [0.5, 0.6) is 0 Å². The molecule has 0 saturated heterocycles. The van der Waals surface area contributed by atoms with Gasteiger partial charge in [0.1, 0.15) is 0 Å². The van der Waals surface area contributed by atoms with Crippen LogP contribution in [-0.4, -0.2) is 31.1 Å². The Balaban J connectivity index is 1.78. The summed E-state index contributed by atoms with van der Waals surface area (Å²) in [5.74, 6) is 0. The van der Waals surface area contributed by atoms with Gasteiger partial charge in [-0.1, -0.05) is 19.3 Å². The van der Waals surface area contributed by atoms with E-state index in [4.69, 9.17) is 5.73 Å². The van der Waals surface area contributed by atoms with E-state index < -0.39 is 0 Å². The van der Waals surface area contributed by atoms with Crippen molar-refractivity contribution in [3.05, 3.63) is 0 Å². The van der Waals surface area contributed by atoms with E-state index in [2.05, 4.69) is 11.9 Å². The fraction of sp³-hybridized carbons (Fsp3) is 1.00. The van der Waals surface area contributed by atoms with Crippen molar-refractivity contribution in [2.45, 2.75) is 57.4 Å². The maximum absolute atomic E-state index is 5.69. The highest BCUT2D eigenvalue weighted by Crippen LogP contribution is 2.49. The van der Waals surface area contributed by atoms with Crippen LogP contribution in [0.15, 0.2) is 0 Å². The van der Waals surface area contributed by atoms with Gasteiger partial charge in [-0.15, -0.1) is 0 Å². The van der Waals surface area contributed by atoms with Gasteiger partial charge in [0, 0.05) is 12.6 Å². The van der Waals surface area contributed by atoms with Crippen LogP contribution in [0.25, 0.3) is 0 Å². The fourth-order valence-corrected chi connectivity index (χ4v) is 3.15. The van der Waals surface area contributed by atoms with Gasteiger partial charge in [-0.2, -0.15) is 0 Å². The van der Waals surface area contributed by atoms with Crippen LogP contribution in [0.3, 0.4) is 0 Å². The molecule has 0 aromatic carbocycles. The summed E-state index contributed by atoms with van der Waals surface area (Å²) in [4.78, 5) is 2.63. The predicted molar refractivity (Wildman–Crippen MR) is 64.8 cm³/mol. The first-order chi connectivity index (χ1) is 7.26. The topological polar surface area (TPSA) is 29.3 Å². The van der Waals surface area contributed by atoms with Gasteiger partial charge < -0.3 is 10.6 Å². The van der Waals surface area contributed by atoms with E-state index in [1.165, 1.54) is 57.9 Å². The minimum Gasteiger partial charge on any atom is -0.330 e. The lowest BCUT2D eigenvalue weighted by Crippen LogP contribution is -2.38. The van der Waals surface area contributed by atoms with Crippen LogP contribution in [-0.2, 0) is 0 Å². The molecular formula is C13H26N2. The van der Waals surface area contributed by atoms with Crippen LogP contribution in [0.4, 0.5) is 0 Å². The van der Waals surface area contributed by atoms with E-state index in [-0.39, 0.29) is 0 Å². The average Bonchev–Trinajstić information content (AvgIpc) is 3.00. The van der Waals surface area contributed by atoms with Gasteiger partial charge >= 0.3 is 0 Å². The van der Waals surface area contributed by atoms with Crippen molar-refractivity contribution in [1.82, 2.24) is 4.90 Å². The summed E-state index contributed by atoms with van der Waals surface area (Å²) in [6.07, 6.45) is 11.3. The van der Waals surface area contributed by atoms with Crippen LogP contribution in [0.1, 0.15) is 51.4 Å². The Bertz CT molecular complexity index is 193. The van der Waals surface area contributed by atoms with Crippen LogP contribution < -0.4 is 5.73 Å². The highest BCUT2D eigenvalue weighted by Gasteiger charge is 2.43. The van der Waals surface area contributed by atoms with Crippen LogP contribution >= 0.6 is 0 Å². The molecule has 0 atom stereocenters. The lowest BCUT2D eigenvalue weighted by atomic mass is 9.93. The largest absolute Gasteiger partial charge is 0.330 e. The standard InChI is InChI=1S/C13H26N2/c1-15(12-5-3-2-4-6-12)11-13(7-8-13)9-10-14/h12H,2-11,14H2,1H3. The first-order valence-corrected chi connectivity index (χ1v) is 6.66. The monoisotopic (exact) mass is 210 g/mol. The van der Waals surface area contributed by atoms with Gasteiger partial charge in [-0.25, -0.2) is 0 Å². The molecule has 2 heteroatoms. The molecule has 0 unspecified atom stereocenters. The molecule has 0 aromatic heterocycles. The Morgan fingerprint density at radius 2 is 1.87 bits per heavy atom. The van der Waals surface area contributed by atoms with Crippen molar-refractivity contribution in [3.8, 4) is 0 Å². The summed E-state index contributed by atoms with van der Waals surface area (Å²) < 4.78 is 0. The second-order valence-electron chi connectivity index (χ2n) is 5.75. The van der Waals surface area contributed by atoms with Crippen molar-refractivity contribution < 1.29 is 0 Å². The zero-order chi connectivity index (χ0) is 10.7. The van der Waals surface area contributed by atoms with E-state index in [1.807, 2.05) is 0 Å². The third-order valence-electron chi connectivity index (χ3n) is 4.41. The molecule has 2 rings (SSSR count). The third kappa shape index (κ3) is 2.94. The van der Waals surface area contributed by atoms with Crippen molar-refractivity contribution in [1.29, 1.82) is 0 Å². The smallest absolute Gasteiger partial charge is 0.00924 e. The average molecular weight is 210 g/mol. The Labute approximate surface area is 94.2 Å². The van der Waals surface area contributed by atoms with Crippen molar-refractivity contribution in [3.63, 3.8) is 0 Å². The molecular weight excluding hydrogens is 184 g/mol. The maximum atomic E-state index is 5.69. The van der Waals surface area contributed by atoms with Gasteiger partial charge in [-0.3, -0.25) is 0 Å². The van der Waals surface area contributed by atoms with E-state index in [0.717, 1.165) is 12.6 Å². The van der Waals surface area contributed by atoms with Crippen molar-refractivity contribution in [2.24, 2.45) is 11.1 Å². The molecule has 2 nitrogen and oxygen atoms in total. The maximum Gasteiger partial charge on any atom is 0.00924 e. The number of nitrogens with two attached hydrogens (primary N) is 1. The first-order valence-electron chi connectivity index (χ1n) is 6.66. The van der Waals surface area contributed by atoms with Crippen molar-refractivity contribution in [2.75, 3.05) is 20.1 Å². The van der Waals surface area contributed by atoms with Gasteiger partial charge in [0.05, 0.1) is 0 Å². The van der Waals surface area contributed by atoms with Crippen LogP contribution in [0.2, 0.25) is 0 Å². The lowest BCUT2D eigenvalue weighted by Gasteiger charge is -2.33. The molecule has 88 valence electrons. The van der Waals surface area contributed by atoms with E-state index in [0.29, 0.717) is 5.41 Å². The molecule has 2 aliphatic carbocycles. The molecule has 2 N–H and O–H groups in total. The molecule has 2 aliphatic rings. The summed E-state index contributed by atoms with van der Waals surface area (Å²) in [7, 11) is 2.33. The quantitative estimate of drug-likeness (QED) is 0.755. The molecule has 2 saturated carbocycles. The summed E-state index contributed by atoms with van der Waals surface area (Å²) in [6.45, 7) is 2.17. The minimum atomic E-state index is 0.626. The Morgan fingerprint density at radius 1 is 1.20 bits per heavy atom. The van der Waals surface area contributed by atoms with Gasteiger partial charge in [0.2, 0.25) is 0 Å². The Hall–Kier alpha value is -0.0800. The van der Waals surface area contributed by atoms with Crippen molar-refractivity contribution >= 4 is 0 Å². The normalized spacial score (nSPS) is 25.8. The van der Waals surface area contributed by atoms with E-state index in [9.17, 15) is 0 Å². The molecule has 15 heavy (non-hydrogen) atoms. The summed E-state index contributed by atoms with van der Waals surface area (Å²) >= 11 is 0. The molecule has 0 bridgehead atoms. The number of rotatable bonds is 5. The number of nitrogens with zero attached hydrogens (tertiary/aromatic N) is 1. The number of hydrogen-bond donors (Lipinski definition) is 1. The molecule has 0 amide bonds. The summed E-state index contributed by atoms with van der Waals surface area (Å²) in [5.41, 5.74) is 6.32. The fourth-order valence-electron chi connectivity index (χ4n) is 3.15. The highest BCUT2D eigenvalue weighted by molar-refractivity contribution is 4.96. The molecule has 0 aliphatic heterocycles. The first kappa shape index (κ1) is 11.4. The molecule has 0 aromatic rings. The van der Waals surface area contributed by atoms with Gasteiger partial charge in [-0.05, 0) is 51.1 Å². The van der Waals surface area contributed by atoms with Gasteiger partial charge in [0.25, 0.3) is 0 Å². The second-order valence-corrected chi connectivity index (χ2v) is 5.75. The minimum absolute atomic E-state index is 0.626. The molecule has 0 heterocycles. The number of hydrogen-bond acceptors (Lipinski definition) is 2. The molecule has 0 spiro atoms. The Morgan fingerprint density at radius 3 is 2.40 bits per heavy atom. The van der Waals surface area contributed by atoms with Gasteiger partial charge in [0.15, 0.2) is 0 Å². The molecule has 0 radical (unpaired) electrons. The zero-order valence-corrected chi connectivity index (χ0v) is 10.2. The third-order valence-corrected chi connectivity index (χ3v) is 4.41.